The molecule has 0 fully saturated rings. The molecule has 1 aromatic carbocycles. The first-order chi connectivity index (χ1) is 7.02. The van der Waals surface area contributed by atoms with E-state index in [2.05, 4.69) is 5.10 Å². The summed E-state index contributed by atoms with van der Waals surface area (Å²) in [6.07, 6.45) is -3.67. The van der Waals surface area contributed by atoms with Gasteiger partial charge in [0.05, 0.1) is 5.52 Å². The number of nitrogens with zero attached hydrogens (tertiary/aromatic N) is 1. The van der Waals surface area contributed by atoms with E-state index >= 15 is 0 Å². The summed E-state index contributed by atoms with van der Waals surface area (Å²) in [5, 5.41) is 5.79. The SMILES string of the molecule is CCc1ccc2n[nH]c(C(F)(F)F)c2c1. The zero-order chi connectivity index (χ0) is 11.1. The van der Waals surface area contributed by atoms with Crippen molar-refractivity contribution in [1.29, 1.82) is 0 Å². The third kappa shape index (κ3) is 1.69. The summed E-state index contributed by atoms with van der Waals surface area (Å²) >= 11 is 0. The third-order valence-corrected chi connectivity index (χ3v) is 2.31. The number of aromatic nitrogens is 2. The summed E-state index contributed by atoms with van der Waals surface area (Å²) in [4.78, 5) is 0. The van der Waals surface area contributed by atoms with Crippen LogP contribution in [0.2, 0.25) is 0 Å². The molecule has 5 heteroatoms. The van der Waals surface area contributed by atoms with Gasteiger partial charge in [0.25, 0.3) is 0 Å². The smallest absolute Gasteiger partial charge is 0.272 e. The minimum Gasteiger partial charge on any atom is -0.272 e. The quantitative estimate of drug-likeness (QED) is 0.776. The van der Waals surface area contributed by atoms with Gasteiger partial charge in [-0.3, -0.25) is 5.10 Å². The second-order valence-corrected chi connectivity index (χ2v) is 3.30. The van der Waals surface area contributed by atoms with E-state index in [0.29, 0.717) is 11.9 Å². The van der Waals surface area contributed by atoms with Gasteiger partial charge in [0.1, 0.15) is 5.69 Å². The summed E-state index contributed by atoms with van der Waals surface area (Å²) in [6, 6.07) is 4.91. The molecular formula is C10H9F3N2. The molecule has 0 aliphatic carbocycles. The van der Waals surface area contributed by atoms with Crippen LogP contribution in [0.1, 0.15) is 18.2 Å². The molecule has 0 saturated carbocycles. The Balaban J connectivity index is 2.67. The number of hydrogen-bond donors (Lipinski definition) is 1. The molecule has 1 heterocycles. The lowest BCUT2D eigenvalue weighted by Gasteiger charge is -2.03. The zero-order valence-corrected chi connectivity index (χ0v) is 8.02. The first-order valence-electron chi connectivity index (χ1n) is 4.56. The molecule has 0 spiro atoms. The van der Waals surface area contributed by atoms with Gasteiger partial charge in [-0.1, -0.05) is 13.0 Å². The number of H-pyrrole nitrogens is 1. The van der Waals surface area contributed by atoms with Gasteiger partial charge in [0, 0.05) is 5.39 Å². The highest BCUT2D eigenvalue weighted by Gasteiger charge is 2.34. The molecule has 0 amide bonds. The van der Waals surface area contributed by atoms with Gasteiger partial charge in [-0.25, -0.2) is 0 Å². The van der Waals surface area contributed by atoms with E-state index in [4.69, 9.17) is 0 Å². The Kier molecular flexibility index (Phi) is 2.17. The first-order valence-corrected chi connectivity index (χ1v) is 4.56. The monoisotopic (exact) mass is 214 g/mol. The lowest BCUT2D eigenvalue weighted by molar-refractivity contribution is -0.139. The van der Waals surface area contributed by atoms with E-state index in [-0.39, 0.29) is 5.39 Å². The average molecular weight is 214 g/mol. The van der Waals surface area contributed by atoms with Crippen LogP contribution < -0.4 is 0 Å². The third-order valence-electron chi connectivity index (χ3n) is 2.31. The second kappa shape index (κ2) is 3.25. The molecule has 0 aliphatic heterocycles. The maximum atomic E-state index is 12.5. The van der Waals surface area contributed by atoms with Gasteiger partial charge >= 0.3 is 6.18 Å². The van der Waals surface area contributed by atoms with Crippen LogP contribution in [0.3, 0.4) is 0 Å². The number of aryl methyl sites for hydroxylation is 1. The van der Waals surface area contributed by atoms with E-state index in [1.807, 2.05) is 12.0 Å². The average Bonchev–Trinajstić information content (AvgIpc) is 2.59. The van der Waals surface area contributed by atoms with Crippen molar-refractivity contribution >= 4 is 10.9 Å². The van der Waals surface area contributed by atoms with Crippen molar-refractivity contribution in [2.45, 2.75) is 19.5 Å². The molecule has 80 valence electrons. The van der Waals surface area contributed by atoms with Crippen LogP contribution in [0, 0.1) is 0 Å². The Labute approximate surface area is 84.1 Å². The zero-order valence-electron chi connectivity index (χ0n) is 8.02. The Morgan fingerprint density at radius 2 is 2.07 bits per heavy atom. The van der Waals surface area contributed by atoms with Crippen molar-refractivity contribution in [3.63, 3.8) is 0 Å². The molecule has 2 aromatic rings. The number of fused-ring (bicyclic) bond motifs is 1. The van der Waals surface area contributed by atoms with Crippen molar-refractivity contribution in [3.05, 3.63) is 29.5 Å². The van der Waals surface area contributed by atoms with Crippen LogP contribution in [0.4, 0.5) is 13.2 Å². The summed E-state index contributed by atoms with van der Waals surface area (Å²) in [7, 11) is 0. The van der Waals surface area contributed by atoms with Gasteiger partial charge < -0.3 is 0 Å². The van der Waals surface area contributed by atoms with E-state index < -0.39 is 11.9 Å². The van der Waals surface area contributed by atoms with Crippen LogP contribution in [0.25, 0.3) is 10.9 Å². The van der Waals surface area contributed by atoms with E-state index in [1.54, 1.807) is 12.1 Å². The molecular weight excluding hydrogens is 205 g/mol. The molecule has 1 aromatic heterocycles. The summed E-state index contributed by atoms with van der Waals surface area (Å²) in [5.41, 5.74) is 0.446. The van der Waals surface area contributed by atoms with Crippen molar-refractivity contribution in [3.8, 4) is 0 Å². The highest BCUT2D eigenvalue weighted by molar-refractivity contribution is 5.82. The van der Waals surface area contributed by atoms with Gasteiger partial charge in [-0.2, -0.15) is 18.3 Å². The molecule has 0 radical (unpaired) electrons. The maximum Gasteiger partial charge on any atom is 0.433 e. The molecule has 2 nitrogen and oxygen atoms in total. The number of nitrogens with one attached hydrogen (secondary N) is 1. The molecule has 1 N–H and O–H groups in total. The Morgan fingerprint density at radius 1 is 1.33 bits per heavy atom. The van der Waals surface area contributed by atoms with Gasteiger partial charge in [-0.15, -0.1) is 0 Å². The highest BCUT2D eigenvalue weighted by atomic mass is 19.4. The van der Waals surface area contributed by atoms with Crippen LogP contribution in [-0.2, 0) is 12.6 Å². The Bertz CT molecular complexity index is 485. The fourth-order valence-electron chi connectivity index (χ4n) is 1.49. The van der Waals surface area contributed by atoms with Crippen LogP contribution in [-0.4, -0.2) is 10.2 Å². The predicted octanol–water partition coefficient (Wildman–Crippen LogP) is 3.14. The Morgan fingerprint density at radius 3 is 2.67 bits per heavy atom. The lowest BCUT2D eigenvalue weighted by Crippen LogP contribution is -2.05. The molecule has 15 heavy (non-hydrogen) atoms. The standard InChI is InChI=1S/C10H9F3N2/c1-2-6-3-4-8-7(5-6)9(15-14-8)10(11,12)13/h3-5H,2H2,1H3,(H,14,15). The van der Waals surface area contributed by atoms with Crippen molar-refractivity contribution in [2.24, 2.45) is 0 Å². The van der Waals surface area contributed by atoms with E-state index in [1.165, 1.54) is 6.07 Å². The number of alkyl halides is 3. The largest absolute Gasteiger partial charge is 0.433 e. The number of aromatic amines is 1. The number of hydrogen-bond acceptors (Lipinski definition) is 1. The van der Waals surface area contributed by atoms with E-state index in [0.717, 1.165) is 5.56 Å². The normalized spacial score (nSPS) is 12.3. The van der Waals surface area contributed by atoms with E-state index in [9.17, 15) is 13.2 Å². The van der Waals surface area contributed by atoms with Crippen LogP contribution >= 0.6 is 0 Å². The van der Waals surface area contributed by atoms with Crippen LogP contribution in [0.15, 0.2) is 18.2 Å². The second-order valence-electron chi connectivity index (χ2n) is 3.30. The molecule has 0 bridgehead atoms. The number of rotatable bonds is 1. The van der Waals surface area contributed by atoms with Crippen molar-refractivity contribution in [2.75, 3.05) is 0 Å². The Hall–Kier alpha value is -1.52. The fourth-order valence-corrected chi connectivity index (χ4v) is 1.49. The molecule has 0 unspecified atom stereocenters. The van der Waals surface area contributed by atoms with Gasteiger partial charge in [0.15, 0.2) is 0 Å². The minimum absolute atomic E-state index is 0.141. The first kappa shape index (κ1) is 10.0. The summed E-state index contributed by atoms with van der Waals surface area (Å²) in [5.74, 6) is 0. The predicted molar refractivity (Wildman–Crippen MR) is 50.5 cm³/mol. The summed E-state index contributed by atoms with van der Waals surface area (Å²) < 4.78 is 37.5. The van der Waals surface area contributed by atoms with Gasteiger partial charge in [-0.05, 0) is 24.1 Å². The van der Waals surface area contributed by atoms with Crippen LogP contribution in [0.5, 0.6) is 0 Å². The van der Waals surface area contributed by atoms with Crippen molar-refractivity contribution < 1.29 is 13.2 Å². The molecule has 2 rings (SSSR count). The maximum absolute atomic E-state index is 12.5. The van der Waals surface area contributed by atoms with Crippen molar-refractivity contribution in [1.82, 2.24) is 10.2 Å². The van der Waals surface area contributed by atoms with Gasteiger partial charge in [0.2, 0.25) is 0 Å². The summed E-state index contributed by atoms with van der Waals surface area (Å²) in [6.45, 7) is 1.90. The molecule has 0 aliphatic rings. The molecule has 0 atom stereocenters. The molecule has 0 saturated heterocycles. The fraction of sp³-hybridized carbons (Fsp3) is 0.300. The topological polar surface area (TPSA) is 28.7 Å². The number of halogens is 3. The minimum atomic E-state index is -4.37. The number of benzene rings is 1. The lowest BCUT2D eigenvalue weighted by atomic mass is 10.1. The highest BCUT2D eigenvalue weighted by Crippen LogP contribution is 2.33.